The van der Waals surface area contributed by atoms with E-state index in [0.29, 0.717) is 10.8 Å². The molecule has 0 saturated carbocycles. The average Bonchev–Trinajstić information content (AvgIpc) is 2.68. The second-order valence-corrected chi connectivity index (χ2v) is 5.30. The normalized spacial score (nSPS) is 12.9. The first-order valence-corrected chi connectivity index (χ1v) is 6.07. The fourth-order valence-electron chi connectivity index (χ4n) is 1.09. The van der Waals surface area contributed by atoms with E-state index in [1.54, 1.807) is 6.92 Å². The van der Waals surface area contributed by atoms with Crippen molar-refractivity contribution in [2.24, 2.45) is 0 Å². The van der Waals surface area contributed by atoms with Gasteiger partial charge in [0.15, 0.2) is 5.92 Å². The molecule has 0 amide bonds. The van der Waals surface area contributed by atoms with Crippen molar-refractivity contribution in [2.75, 3.05) is 6.61 Å². The van der Waals surface area contributed by atoms with Crippen LogP contribution >= 0.6 is 11.5 Å². The van der Waals surface area contributed by atoms with Crippen molar-refractivity contribution < 1.29 is 9.53 Å². The molecule has 0 spiro atoms. The van der Waals surface area contributed by atoms with Gasteiger partial charge in [-0.3, -0.25) is 4.79 Å². The van der Waals surface area contributed by atoms with Crippen molar-refractivity contribution in [1.82, 2.24) is 9.36 Å². The Morgan fingerprint density at radius 1 is 1.59 bits per heavy atom. The summed E-state index contributed by atoms with van der Waals surface area (Å²) in [7, 11) is 0. The van der Waals surface area contributed by atoms with Crippen molar-refractivity contribution in [3.8, 4) is 6.07 Å². The maximum atomic E-state index is 11.5. The Kier molecular flexibility index (Phi) is 4.18. The lowest BCUT2D eigenvalue weighted by Gasteiger charge is -2.12. The highest BCUT2D eigenvalue weighted by Gasteiger charge is 2.28. The molecule has 0 fully saturated rings. The van der Waals surface area contributed by atoms with Crippen LogP contribution in [0.4, 0.5) is 0 Å². The minimum atomic E-state index is -0.969. The molecule has 0 aliphatic rings. The number of rotatable bonds is 3. The van der Waals surface area contributed by atoms with Gasteiger partial charge in [-0.05, 0) is 18.5 Å². The molecule has 0 aromatic carbocycles. The summed E-state index contributed by atoms with van der Waals surface area (Å²) >= 11 is 1.08. The summed E-state index contributed by atoms with van der Waals surface area (Å²) < 4.78 is 8.99. The van der Waals surface area contributed by atoms with Gasteiger partial charge in [0.05, 0.1) is 12.7 Å². The lowest BCUT2D eigenvalue weighted by atomic mass is 9.96. The van der Waals surface area contributed by atoms with Crippen molar-refractivity contribution in [2.45, 2.75) is 39.0 Å². The lowest BCUT2D eigenvalue weighted by molar-refractivity contribution is -0.143. The number of esters is 1. The number of carbonyl (C=O) groups is 1. The largest absolute Gasteiger partial charge is 0.465 e. The van der Waals surface area contributed by atoms with Gasteiger partial charge in [-0.1, -0.05) is 20.8 Å². The van der Waals surface area contributed by atoms with E-state index < -0.39 is 11.9 Å². The maximum Gasteiger partial charge on any atom is 0.330 e. The first-order chi connectivity index (χ1) is 7.90. The van der Waals surface area contributed by atoms with E-state index in [2.05, 4.69) is 9.36 Å². The van der Waals surface area contributed by atoms with Gasteiger partial charge < -0.3 is 4.74 Å². The van der Waals surface area contributed by atoms with Gasteiger partial charge in [0.1, 0.15) is 10.8 Å². The highest BCUT2D eigenvalue weighted by atomic mass is 32.1. The fourth-order valence-corrected chi connectivity index (χ4v) is 1.97. The third-order valence-corrected chi connectivity index (χ3v) is 2.79. The Hall–Kier alpha value is -1.48. The van der Waals surface area contributed by atoms with E-state index >= 15 is 0 Å². The molecule has 0 N–H and O–H groups in total. The van der Waals surface area contributed by atoms with Crippen LogP contribution in [0.3, 0.4) is 0 Å². The molecule has 0 aliphatic heterocycles. The van der Waals surface area contributed by atoms with Crippen molar-refractivity contribution in [3.63, 3.8) is 0 Å². The zero-order valence-corrected chi connectivity index (χ0v) is 11.2. The number of carbonyl (C=O) groups excluding carboxylic acids is 1. The Morgan fingerprint density at radius 2 is 2.24 bits per heavy atom. The minimum Gasteiger partial charge on any atom is -0.465 e. The van der Waals surface area contributed by atoms with Crippen molar-refractivity contribution in [1.29, 1.82) is 5.26 Å². The Bertz CT molecular complexity index is 442. The molecule has 17 heavy (non-hydrogen) atoms. The summed E-state index contributed by atoms with van der Waals surface area (Å²) in [5.41, 5.74) is -0.191. The molecule has 1 rings (SSSR count). The van der Waals surface area contributed by atoms with Gasteiger partial charge in [0.25, 0.3) is 0 Å². The second kappa shape index (κ2) is 5.23. The fraction of sp³-hybridized carbons (Fsp3) is 0.636. The molecule has 1 unspecified atom stereocenters. The Morgan fingerprint density at radius 3 is 2.65 bits per heavy atom. The Balaban J connectivity index is 2.96. The summed E-state index contributed by atoms with van der Waals surface area (Å²) in [6, 6.07) is 1.90. The highest BCUT2D eigenvalue weighted by molar-refractivity contribution is 7.05. The van der Waals surface area contributed by atoms with Crippen LogP contribution in [0.2, 0.25) is 0 Å². The quantitative estimate of drug-likeness (QED) is 0.770. The van der Waals surface area contributed by atoms with Crippen LogP contribution in [0, 0.1) is 11.3 Å². The number of aromatic nitrogens is 2. The second-order valence-electron chi connectivity index (χ2n) is 4.52. The summed E-state index contributed by atoms with van der Waals surface area (Å²) in [4.78, 5) is 15.8. The van der Waals surface area contributed by atoms with Crippen LogP contribution in [0.25, 0.3) is 0 Å². The third-order valence-electron chi connectivity index (χ3n) is 2.01. The summed E-state index contributed by atoms with van der Waals surface area (Å²) in [6.07, 6.45) is 0. The van der Waals surface area contributed by atoms with E-state index in [1.165, 1.54) is 0 Å². The SMILES string of the molecule is CCOC(=O)C(C#N)c1nc(C(C)(C)C)ns1. The molecule has 1 aromatic heterocycles. The van der Waals surface area contributed by atoms with E-state index in [1.807, 2.05) is 26.8 Å². The number of nitrogens with zero attached hydrogens (tertiary/aromatic N) is 3. The van der Waals surface area contributed by atoms with Crippen LogP contribution in [0.15, 0.2) is 0 Å². The van der Waals surface area contributed by atoms with Crippen molar-refractivity contribution >= 4 is 17.5 Å². The molecule has 92 valence electrons. The van der Waals surface area contributed by atoms with E-state index in [9.17, 15) is 4.79 Å². The van der Waals surface area contributed by atoms with E-state index in [-0.39, 0.29) is 12.0 Å². The van der Waals surface area contributed by atoms with Crippen LogP contribution in [0.5, 0.6) is 0 Å². The molecular formula is C11H15N3O2S. The third kappa shape index (κ3) is 3.24. The molecule has 6 heteroatoms. The highest BCUT2D eigenvalue weighted by Crippen LogP contribution is 2.25. The van der Waals surface area contributed by atoms with Crippen LogP contribution in [0.1, 0.15) is 44.4 Å². The number of hydrogen-bond donors (Lipinski definition) is 0. The monoisotopic (exact) mass is 253 g/mol. The summed E-state index contributed by atoms with van der Waals surface area (Å²) in [6.45, 7) is 7.88. The molecule has 1 aromatic rings. The predicted molar refractivity (Wildman–Crippen MR) is 63.6 cm³/mol. The summed E-state index contributed by atoms with van der Waals surface area (Å²) in [5, 5.41) is 9.38. The van der Waals surface area contributed by atoms with Gasteiger partial charge >= 0.3 is 5.97 Å². The molecule has 5 nitrogen and oxygen atoms in total. The van der Waals surface area contributed by atoms with Gasteiger partial charge in [-0.15, -0.1) is 0 Å². The smallest absolute Gasteiger partial charge is 0.330 e. The topological polar surface area (TPSA) is 75.9 Å². The van der Waals surface area contributed by atoms with Gasteiger partial charge in [-0.25, -0.2) is 4.98 Å². The molecule has 0 saturated heterocycles. The van der Waals surface area contributed by atoms with Crippen LogP contribution in [-0.4, -0.2) is 21.9 Å². The van der Waals surface area contributed by atoms with Crippen LogP contribution in [-0.2, 0) is 14.9 Å². The number of ether oxygens (including phenoxy) is 1. The van der Waals surface area contributed by atoms with Gasteiger partial charge in [0, 0.05) is 5.41 Å². The average molecular weight is 253 g/mol. The first kappa shape index (κ1) is 13.6. The Labute approximate surface area is 105 Å². The zero-order chi connectivity index (χ0) is 13.1. The molecule has 1 heterocycles. The summed E-state index contributed by atoms with van der Waals surface area (Å²) in [5.74, 6) is -0.891. The first-order valence-electron chi connectivity index (χ1n) is 5.30. The minimum absolute atomic E-state index is 0.191. The van der Waals surface area contributed by atoms with E-state index in [0.717, 1.165) is 11.5 Å². The maximum absolute atomic E-state index is 11.5. The predicted octanol–water partition coefficient (Wildman–Crippen LogP) is 2.01. The molecule has 0 radical (unpaired) electrons. The lowest BCUT2D eigenvalue weighted by Crippen LogP contribution is -2.16. The standard InChI is InChI=1S/C11H15N3O2S/c1-5-16-9(15)7(6-12)8-13-10(14-17-8)11(2,3)4/h7H,5H2,1-4H3. The van der Waals surface area contributed by atoms with E-state index in [4.69, 9.17) is 10.00 Å². The van der Waals surface area contributed by atoms with Gasteiger partial charge in [0.2, 0.25) is 0 Å². The number of nitriles is 1. The molecule has 0 aliphatic carbocycles. The van der Waals surface area contributed by atoms with Gasteiger partial charge in [-0.2, -0.15) is 9.64 Å². The van der Waals surface area contributed by atoms with Crippen molar-refractivity contribution in [3.05, 3.63) is 10.8 Å². The number of hydrogen-bond acceptors (Lipinski definition) is 6. The zero-order valence-electron chi connectivity index (χ0n) is 10.4. The van der Waals surface area contributed by atoms with Crippen LogP contribution < -0.4 is 0 Å². The molecule has 0 bridgehead atoms. The molecule has 1 atom stereocenters. The molecular weight excluding hydrogens is 238 g/mol.